The second kappa shape index (κ2) is 4.25. The first kappa shape index (κ1) is 12.7. The van der Waals surface area contributed by atoms with E-state index in [1.807, 2.05) is 0 Å². The van der Waals surface area contributed by atoms with Crippen LogP contribution in [0.15, 0.2) is 6.07 Å². The van der Waals surface area contributed by atoms with Crippen molar-refractivity contribution in [3.05, 3.63) is 23.3 Å². The molecule has 0 aliphatic rings. The van der Waals surface area contributed by atoms with Gasteiger partial charge in [0.2, 0.25) is 0 Å². The Labute approximate surface area is 92.6 Å². The Kier molecular flexibility index (Phi) is 3.38. The lowest BCUT2D eigenvalue weighted by Crippen LogP contribution is -2.19. The molecule has 0 aliphatic heterocycles. The van der Waals surface area contributed by atoms with Gasteiger partial charge in [-0.15, -0.1) is 0 Å². The molecule has 0 unspecified atom stereocenters. The molecule has 1 aromatic rings. The van der Waals surface area contributed by atoms with E-state index in [0.717, 1.165) is 0 Å². The summed E-state index contributed by atoms with van der Waals surface area (Å²) in [7, 11) is 2.48. The molecule has 5 heteroatoms. The molecule has 0 fully saturated rings. The van der Waals surface area contributed by atoms with E-state index in [0.29, 0.717) is 6.07 Å². The highest BCUT2D eigenvalue weighted by Crippen LogP contribution is 2.40. The molecular formula is C11H14F2O3. The molecule has 0 aliphatic carbocycles. The fraction of sp³-hybridized carbons (Fsp3) is 0.455. The minimum absolute atomic E-state index is 0.0463. The monoisotopic (exact) mass is 232 g/mol. The van der Waals surface area contributed by atoms with E-state index in [2.05, 4.69) is 0 Å². The molecule has 0 saturated carbocycles. The summed E-state index contributed by atoms with van der Waals surface area (Å²) in [6.45, 7) is 2.79. The van der Waals surface area contributed by atoms with Gasteiger partial charge in [-0.1, -0.05) is 0 Å². The van der Waals surface area contributed by atoms with Gasteiger partial charge in [-0.2, -0.15) is 0 Å². The summed E-state index contributed by atoms with van der Waals surface area (Å²) in [5.74, 6) is -2.19. The third-order valence-corrected chi connectivity index (χ3v) is 2.16. The largest absolute Gasteiger partial charge is 0.493 e. The van der Waals surface area contributed by atoms with Crippen LogP contribution in [0.5, 0.6) is 11.5 Å². The smallest absolute Gasteiger partial charge is 0.168 e. The number of ether oxygens (including phenoxy) is 2. The van der Waals surface area contributed by atoms with Crippen LogP contribution in [0.2, 0.25) is 0 Å². The molecule has 0 amide bonds. The SMILES string of the molecule is COc1c(F)cc(F)c(OC)c1C(C)(C)O. The van der Waals surface area contributed by atoms with Gasteiger partial charge in [-0.3, -0.25) is 0 Å². The van der Waals surface area contributed by atoms with Crippen LogP contribution in [0, 0.1) is 11.6 Å². The molecule has 16 heavy (non-hydrogen) atoms. The summed E-state index contributed by atoms with van der Waals surface area (Å²) in [6, 6.07) is 0.660. The summed E-state index contributed by atoms with van der Waals surface area (Å²) in [6.07, 6.45) is 0. The van der Waals surface area contributed by atoms with Crippen molar-refractivity contribution in [3.63, 3.8) is 0 Å². The summed E-state index contributed by atoms with van der Waals surface area (Å²) in [5, 5.41) is 9.87. The highest BCUT2D eigenvalue weighted by Gasteiger charge is 2.30. The van der Waals surface area contributed by atoms with Crippen LogP contribution in [-0.2, 0) is 5.60 Å². The van der Waals surface area contributed by atoms with Gasteiger partial charge in [-0.05, 0) is 13.8 Å². The minimum Gasteiger partial charge on any atom is -0.493 e. The van der Waals surface area contributed by atoms with Gasteiger partial charge in [-0.25, -0.2) is 8.78 Å². The maximum atomic E-state index is 13.4. The van der Waals surface area contributed by atoms with Crippen LogP contribution in [0.25, 0.3) is 0 Å². The number of aliphatic hydroxyl groups is 1. The molecule has 0 aromatic heterocycles. The van der Waals surface area contributed by atoms with Crippen LogP contribution in [-0.4, -0.2) is 19.3 Å². The lowest BCUT2D eigenvalue weighted by atomic mass is 9.95. The van der Waals surface area contributed by atoms with Crippen molar-refractivity contribution in [2.24, 2.45) is 0 Å². The summed E-state index contributed by atoms with van der Waals surface area (Å²) in [4.78, 5) is 0. The van der Waals surface area contributed by atoms with Crippen molar-refractivity contribution < 1.29 is 23.4 Å². The molecule has 0 radical (unpaired) electrons. The van der Waals surface area contributed by atoms with E-state index in [-0.39, 0.29) is 17.1 Å². The van der Waals surface area contributed by atoms with Crippen molar-refractivity contribution in [2.75, 3.05) is 14.2 Å². The second-order valence-electron chi connectivity index (χ2n) is 3.84. The van der Waals surface area contributed by atoms with Crippen LogP contribution in [0.1, 0.15) is 19.4 Å². The van der Waals surface area contributed by atoms with E-state index in [9.17, 15) is 13.9 Å². The number of benzene rings is 1. The fourth-order valence-corrected chi connectivity index (χ4v) is 1.54. The molecule has 0 bridgehead atoms. The fourth-order valence-electron chi connectivity index (χ4n) is 1.54. The molecule has 0 atom stereocenters. The summed E-state index contributed by atoms with van der Waals surface area (Å²) in [5.41, 5.74) is -1.52. The van der Waals surface area contributed by atoms with E-state index in [4.69, 9.17) is 9.47 Å². The number of hydrogen-bond acceptors (Lipinski definition) is 3. The van der Waals surface area contributed by atoms with E-state index in [1.54, 1.807) is 0 Å². The number of rotatable bonds is 3. The first-order chi connectivity index (χ1) is 7.32. The third kappa shape index (κ3) is 2.09. The Morgan fingerprint density at radius 2 is 1.44 bits per heavy atom. The zero-order valence-corrected chi connectivity index (χ0v) is 9.60. The van der Waals surface area contributed by atoms with Crippen molar-refractivity contribution in [1.82, 2.24) is 0 Å². The number of hydrogen-bond donors (Lipinski definition) is 1. The second-order valence-corrected chi connectivity index (χ2v) is 3.84. The van der Waals surface area contributed by atoms with Gasteiger partial charge in [0.25, 0.3) is 0 Å². The standard InChI is InChI=1S/C11H14F2O3/c1-11(2,14)8-9(15-3)6(12)5-7(13)10(8)16-4/h5,14H,1-4H3. The Balaban J connectivity index is 3.62. The van der Waals surface area contributed by atoms with Gasteiger partial charge in [0.1, 0.15) is 0 Å². The Hall–Kier alpha value is -1.36. The van der Waals surface area contributed by atoms with Gasteiger partial charge in [0, 0.05) is 6.07 Å². The number of methoxy groups -OCH3 is 2. The van der Waals surface area contributed by atoms with Gasteiger partial charge >= 0.3 is 0 Å². The topological polar surface area (TPSA) is 38.7 Å². The highest BCUT2D eigenvalue weighted by molar-refractivity contribution is 5.49. The van der Waals surface area contributed by atoms with Crippen LogP contribution in [0.4, 0.5) is 8.78 Å². The molecule has 1 aromatic carbocycles. The molecular weight excluding hydrogens is 218 g/mol. The molecule has 90 valence electrons. The molecule has 1 N–H and O–H groups in total. The zero-order chi connectivity index (χ0) is 12.5. The van der Waals surface area contributed by atoms with Gasteiger partial charge < -0.3 is 14.6 Å². The van der Waals surface area contributed by atoms with Gasteiger partial charge in [0.15, 0.2) is 23.1 Å². The third-order valence-electron chi connectivity index (χ3n) is 2.16. The van der Waals surface area contributed by atoms with Crippen molar-refractivity contribution in [3.8, 4) is 11.5 Å². The Morgan fingerprint density at radius 1 is 1.06 bits per heavy atom. The van der Waals surface area contributed by atoms with Crippen LogP contribution < -0.4 is 9.47 Å². The molecule has 3 nitrogen and oxygen atoms in total. The molecule has 0 heterocycles. The van der Waals surface area contributed by atoms with Crippen LogP contribution in [0.3, 0.4) is 0 Å². The maximum absolute atomic E-state index is 13.4. The highest BCUT2D eigenvalue weighted by atomic mass is 19.1. The Bertz CT molecular complexity index is 369. The summed E-state index contributed by atoms with van der Waals surface area (Å²) < 4.78 is 36.5. The quantitative estimate of drug-likeness (QED) is 0.868. The van der Waals surface area contributed by atoms with E-state index in [1.165, 1.54) is 28.1 Å². The normalized spacial score (nSPS) is 11.4. The first-order valence-corrected chi connectivity index (χ1v) is 4.65. The van der Waals surface area contributed by atoms with Crippen molar-refractivity contribution in [2.45, 2.75) is 19.4 Å². The molecule has 1 rings (SSSR count). The minimum atomic E-state index is -1.47. The average molecular weight is 232 g/mol. The molecule has 0 spiro atoms. The lowest BCUT2D eigenvalue weighted by molar-refractivity contribution is 0.0710. The number of halogens is 2. The summed E-state index contributed by atoms with van der Waals surface area (Å²) >= 11 is 0. The lowest BCUT2D eigenvalue weighted by Gasteiger charge is -2.24. The zero-order valence-electron chi connectivity index (χ0n) is 9.60. The maximum Gasteiger partial charge on any atom is 0.168 e. The first-order valence-electron chi connectivity index (χ1n) is 4.65. The van der Waals surface area contributed by atoms with E-state index >= 15 is 0 Å². The molecule has 0 saturated heterocycles. The van der Waals surface area contributed by atoms with Crippen molar-refractivity contribution in [1.29, 1.82) is 0 Å². The predicted molar refractivity (Wildman–Crippen MR) is 54.7 cm³/mol. The van der Waals surface area contributed by atoms with Gasteiger partial charge in [0.05, 0.1) is 25.4 Å². The predicted octanol–water partition coefficient (Wildman–Crippen LogP) is 2.21. The van der Waals surface area contributed by atoms with Crippen molar-refractivity contribution >= 4 is 0 Å². The van der Waals surface area contributed by atoms with E-state index < -0.39 is 17.2 Å². The average Bonchev–Trinajstić information content (AvgIpc) is 2.15. The van der Waals surface area contributed by atoms with Crippen LogP contribution >= 0.6 is 0 Å². The Morgan fingerprint density at radius 3 is 1.69 bits per heavy atom.